The summed E-state index contributed by atoms with van der Waals surface area (Å²) >= 11 is 1.50. The molecule has 0 fully saturated rings. The van der Waals surface area contributed by atoms with E-state index in [-0.39, 0.29) is 0 Å². The van der Waals surface area contributed by atoms with Crippen LogP contribution in [0.3, 0.4) is 0 Å². The van der Waals surface area contributed by atoms with Crippen LogP contribution in [0.2, 0.25) is 0 Å². The molecule has 0 atom stereocenters. The van der Waals surface area contributed by atoms with Gasteiger partial charge in [0.2, 0.25) is 0 Å². The molecule has 4 nitrogen and oxygen atoms in total. The van der Waals surface area contributed by atoms with Crippen LogP contribution in [0.25, 0.3) is 0 Å². The van der Waals surface area contributed by atoms with Gasteiger partial charge in [-0.1, -0.05) is 6.07 Å². The number of methoxy groups -OCH3 is 1. The van der Waals surface area contributed by atoms with Gasteiger partial charge in [-0.25, -0.2) is 9.97 Å². The van der Waals surface area contributed by atoms with E-state index in [1.54, 1.807) is 13.3 Å². The molecule has 0 aliphatic carbocycles. The predicted octanol–water partition coefficient (Wildman–Crippen LogP) is 2.40. The fraction of sp³-hybridized carbons (Fsp3) is 0.231. The molecule has 2 rings (SSSR count). The van der Waals surface area contributed by atoms with Crippen molar-refractivity contribution in [2.45, 2.75) is 23.5 Å². The average molecular weight is 261 g/mol. The van der Waals surface area contributed by atoms with Gasteiger partial charge in [-0.15, -0.1) is 0 Å². The molecule has 0 unspecified atom stereocenters. The number of benzene rings is 1. The standard InChI is InChI=1S/C13H15N3OS/c1-9-5-6-15-13(16-9)18-12-7-11(17-2)4-3-10(12)8-14/h3-7H,8,14H2,1-2H3. The smallest absolute Gasteiger partial charge is 0.192 e. The lowest BCUT2D eigenvalue weighted by atomic mass is 10.2. The maximum Gasteiger partial charge on any atom is 0.192 e. The van der Waals surface area contributed by atoms with E-state index in [9.17, 15) is 0 Å². The second kappa shape index (κ2) is 5.84. The summed E-state index contributed by atoms with van der Waals surface area (Å²) in [6, 6.07) is 7.71. The average Bonchev–Trinajstić information content (AvgIpc) is 2.38. The van der Waals surface area contributed by atoms with Crippen LogP contribution in [0.15, 0.2) is 40.5 Å². The highest BCUT2D eigenvalue weighted by Gasteiger charge is 2.07. The van der Waals surface area contributed by atoms with E-state index in [2.05, 4.69) is 9.97 Å². The summed E-state index contributed by atoms with van der Waals surface area (Å²) in [6.07, 6.45) is 1.76. The Morgan fingerprint density at radius 2 is 2.17 bits per heavy atom. The maximum absolute atomic E-state index is 5.73. The molecule has 2 aromatic rings. The number of aryl methyl sites for hydroxylation is 1. The molecule has 0 radical (unpaired) electrons. The largest absolute Gasteiger partial charge is 0.497 e. The summed E-state index contributed by atoms with van der Waals surface area (Å²) in [6.45, 7) is 2.43. The Hall–Kier alpha value is -1.59. The Morgan fingerprint density at radius 3 is 2.83 bits per heavy atom. The van der Waals surface area contributed by atoms with Gasteiger partial charge in [-0.3, -0.25) is 0 Å². The van der Waals surface area contributed by atoms with Crippen molar-refractivity contribution in [2.24, 2.45) is 5.73 Å². The molecule has 0 saturated carbocycles. The Morgan fingerprint density at radius 1 is 1.33 bits per heavy atom. The molecule has 1 aromatic heterocycles. The zero-order valence-electron chi connectivity index (χ0n) is 10.4. The van der Waals surface area contributed by atoms with Gasteiger partial charge in [-0.2, -0.15) is 0 Å². The topological polar surface area (TPSA) is 61.0 Å². The van der Waals surface area contributed by atoms with Crippen molar-refractivity contribution in [3.63, 3.8) is 0 Å². The minimum absolute atomic E-state index is 0.484. The molecule has 18 heavy (non-hydrogen) atoms. The molecule has 94 valence electrons. The van der Waals surface area contributed by atoms with E-state index < -0.39 is 0 Å². The Bertz CT molecular complexity index is 546. The third-order valence-corrected chi connectivity index (χ3v) is 3.45. The van der Waals surface area contributed by atoms with Gasteiger partial charge in [0.25, 0.3) is 0 Å². The third kappa shape index (κ3) is 3.00. The first kappa shape index (κ1) is 12.9. The highest BCUT2D eigenvalue weighted by atomic mass is 32.2. The SMILES string of the molecule is COc1ccc(CN)c(Sc2nccc(C)n2)c1. The molecule has 0 aliphatic heterocycles. The van der Waals surface area contributed by atoms with Crippen LogP contribution in [0.5, 0.6) is 5.75 Å². The van der Waals surface area contributed by atoms with Crippen LogP contribution >= 0.6 is 11.8 Å². The fourth-order valence-electron chi connectivity index (χ4n) is 1.50. The number of nitrogens with two attached hydrogens (primary N) is 1. The van der Waals surface area contributed by atoms with E-state index >= 15 is 0 Å². The van der Waals surface area contributed by atoms with Crippen LogP contribution in [0.4, 0.5) is 0 Å². The minimum atomic E-state index is 0.484. The number of hydrogen-bond acceptors (Lipinski definition) is 5. The molecular weight excluding hydrogens is 246 g/mol. The molecule has 0 aliphatic rings. The minimum Gasteiger partial charge on any atom is -0.497 e. The summed E-state index contributed by atoms with van der Waals surface area (Å²) in [7, 11) is 1.65. The highest BCUT2D eigenvalue weighted by molar-refractivity contribution is 7.99. The molecule has 1 heterocycles. The highest BCUT2D eigenvalue weighted by Crippen LogP contribution is 2.31. The molecule has 0 spiro atoms. The number of aromatic nitrogens is 2. The summed E-state index contributed by atoms with van der Waals surface area (Å²) in [5.74, 6) is 0.808. The van der Waals surface area contributed by atoms with Crippen molar-refractivity contribution in [1.29, 1.82) is 0 Å². The lowest BCUT2D eigenvalue weighted by Gasteiger charge is -2.08. The summed E-state index contributed by atoms with van der Waals surface area (Å²) in [4.78, 5) is 9.64. The molecule has 1 aromatic carbocycles. The summed E-state index contributed by atoms with van der Waals surface area (Å²) in [5.41, 5.74) is 7.74. The van der Waals surface area contributed by atoms with E-state index in [1.165, 1.54) is 11.8 Å². The summed E-state index contributed by atoms with van der Waals surface area (Å²) in [5, 5.41) is 0.720. The lowest BCUT2D eigenvalue weighted by Crippen LogP contribution is -1.99. The second-order valence-electron chi connectivity index (χ2n) is 3.76. The van der Waals surface area contributed by atoms with E-state index in [1.807, 2.05) is 31.2 Å². The van der Waals surface area contributed by atoms with Gasteiger partial charge in [0.05, 0.1) is 7.11 Å². The van der Waals surface area contributed by atoms with Crippen molar-refractivity contribution < 1.29 is 4.74 Å². The Balaban J connectivity index is 2.32. The normalized spacial score (nSPS) is 10.4. The number of rotatable bonds is 4. The second-order valence-corrected chi connectivity index (χ2v) is 4.77. The van der Waals surface area contributed by atoms with Crippen molar-refractivity contribution in [3.8, 4) is 5.75 Å². The summed E-state index contributed by atoms with van der Waals surface area (Å²) < 4.78 is 5.22. The van der Waals surface area contributed by atoms with Crippen LogP contribution < -0.4 is 10.5 Å². The van der Waals surface area contributed by atoms with Crippen molar-refractivity contribution in [1.82, 2.24) is 9.97 Å². The maximum atomic E-state index is 5.73. The first-order chi connectivity index (χ1) is 8.72. The lowest BCUT2D eigenvalue weighted by molar-refractivity contribution is 0.413. The van der Waals surface area contributed by atoms with Gasteiger partial charge >= 0.3 is 0 Å². The van der Waals surface area contributed by atoms with Crippen molar-refractivity contribution in [3.05, 3.63) is 41.7 Å². The van der Waals surface area contributed by atoms with Gasteiger partial charge < -0.3 is 10.5 Å². The van der Waals surface area contributed by atoms with Gasteiger partial charge in [0.1, 0.15) is 5.75 Å². The molecule has 0 amide bonds. The van der Waals surface area contributed by atoms with E-state index in [0.717, 1.165) is 27.1 Å². The Kier molecular flexibility index (Phi) is 4.17. The first-order valence-corrected chi connectivity index (χ1v) is 6.39. The van der Waals surface area contributed by atoms with E-state index in [4.69, 9.17) is 10.5 Å². The van der Waals surface area contributed by atoms with Gasteiger partial charge in [0.15, 0.2) is 5.16 Å². The van der Waals surface area contributed by atoms with Gasteiger partial charge in [-0.05, 0) is 42.4 Å². The number of hydrogen-bond donors (Lipinski definition) is 1. The zero-order valence-corrected chi connectivity index (χ0v) is 11.2. The van der Waals surface area contributed by atoms with Crippen LogP contribution in [-0.4, -0.2) is 17.1 Å². The first-order valence-electron chi connectivity index (χ1n) is 5.57. The number of nitrogens with zero attached hydrogens (tertiary/aromatic N) is 2. The molecule has 0 saturated heterocycles. The zero-order chi connectivity index (χ0) is 13.0. The monoisotopic (exact) mass is 261 g/mol. The van der Waals surface area contributed by atoms with Gasteiger partial charge in [0, 0.05) is 23.3 Å². The molecule has 2 N–H and O–H groups in total. The van der Waals surface area contributed by atoms with E-state index in [0.29, 0.717) is 6.54 Å². The molecule has 5 heteroatoms. The fourth-order valence-corrected chi connectivity index (χ4v) is 2.46. The van der Waals surface area contributed by atoms with Crippen molar-refractivity contribution in [2.75, 3.05) is 7.11 Å². The molecule has 0 bridgehead atoms. The quantitative estimate of drug-likeness (QED) is 0.856. The third-order valence-electron chi connectivity index (χ3n) is 2.47. The van der Waals surface area contributed by atoms with Crippen LogP contribution in [0.1, 0.15) is 11.3 Å². The van der Waals surface area contributed by atoms with Crippen LogP contribution in [-0.2, 0) is 6.54 Å². The Labute approximate surface area is 111 Å². The number of ether oxygens (including phenoxy) is 1. The molecular formula is C13H15N3OS. The van der Waals surface area contributed by atoms with Crippen molar-refractivity contribution >= 4 is 11.8 Å². The predicted molar refractivity (Wildman–Crippen MR) is 71.8 cm³/mol. The van der Waals surface area contributed by atoms with Crippen LogP contribution in [0, 0.1) is 6.92 Å².